The molecule has 2 N–H and O–H groups in total. The van der Waals surface area contributed by atoms with Crippen LogP contribution in [-0.4, -0.2) is 30.3 Å². The number of aromatic nitrogens is 2. The molecule has 7 nitrogen and oxygen atoms in total. The SMILES string of the molecule is COc1cc(C)c(C(C)NC(=O)c2ccc(=O)[nH]n2)cc1OC. The number of hydrogen-bond donors (Lipinski definition) is 2. The summed E-state index contributed by atoms with van der Waals surface area (Å²) in [6.45, 7) is 3.79. The lowest BCUT2D eigenvalue weighted by Gasteiger charge is -2.19. The van der Waals surface area contributed by atoms with Crippen LogP contribution in [-0.2, 0) is 0 Å². The van der Waals surface area contributed by atoms with E-state index in [1.807, 2.05) is 26.0 Å². The molecule has 2 rings (SSSR count). The fraction of sp³-hybridized carbons (Fsp3) is 0.312. The molecule has 0 radical (unpaired) electrons. The summed E-state index contributed by atoms with van der Waals surface area (Å²) in [5, 5.41) is 8.79. The van der Waals surface area contributed by atoms with E-state index in [4.69, 9.17) is 9.47 Å². The standard InChI is InChI=1S/C16H19N3O4/c1-9-7-13(22-3)14(23-4)8-11(9)10(2)17-16(21)12-5-6-15(20)19-18-12/h5-8,10H,1-4H3,(H,17,21)(H,19,20). The molecule has 0 bridgehead atoms. The van der Waals surface area contributed by atoms with Crippen molar-refractivity contribution in [1.82, 2.24) is 15.5 Å². The Morgan fingerprint density at radius 2 is 1.87 bits per heavy atom. The number of aryl methyl sites for hydroxylation is 1. The van der Waals surface area contributed by atoms with Crippen LogP contribution < -0.4 is 20.3 Å². The Labute approximate surface area is 133 Å². The first-order valence-electron chi connectivity index (χ1n) is 7.05. The molecule has 122 valence electrons. The van der Waals surface area contributed by atoms with Gasteiger partial charge in [-0.05, 0) is 43.2 Å². The minimum Gasteiger partial charge on any atom is -0.493 e. The van der Waals surface area contributed by atoms with Crippen molar-refractivity contribution >= 4 is 5.91 Å². The molecule has 0 fully saturated rings. The molecule has 0 aliphatic rings. The number of nitrogens with one attached hydrogen (secondary N) is 2. The van der Waals surface area contributed by atoms with E-state index in [0.29, 0.717) is 11.5 Å². The highest BCUT2D eigenvalue weighted by molar-refractivity contribution is 5.92. The predicted molar refractivity (Wildman–Crippen MR) is 85.0 cm³/mol. The lowest BCUT2D eigenvalue weighted by Crippen LogP contribution is -2.28. The summed E-state index contributed by atoms with van der Waals surface area (Å²) in [6.07, 6.45) is 0. The first kappa shape index (κ1) is 16.5. The predicted octanol–water partition coefficient (Wildman–Crippen LogP) is 1.59. The van der Waals surface area contributed by atoms with Crippen molar-refractivity contribution in [3.8, 4) is 11.5 Å². The van der Waals surface area contributed by atoms with Crippen LogP contribution in [0.2, 0.25) is 0 Å². The van der Waals surface area contributed by atoms with Crippen LogP contribution in [0.4, 0.5) is 0 Å². The first-order valence-corrected chi connectivity index (χ1v) is 7.05. The van der Waals surface area contributed by atoms with Gasteiger partial charge >= 0.3 is 0 Å². The third-order valence-corrected chi connectivity index (χ3v) is 3.50. The molecule has 0 aliphatic heterocycles. The number of methoxy groups -OCH3 is 2. The smallest absolute Gasteiger partial charge is 0.272 e. The molecule has 0 aliphatic carbocycles. The summed E-state index contributed by atoms with van der Waals surface area (Å²) < 4.78 is 10.6. The highest BCUT2D eigenvalue weighted by atomic mass is 16.5. The number of carbonyl (C=O) groups is 1. The van der Waals surface area contributed by atoms with Crippen LogP contribution in [0.15, 0.2) is 29.1 Å². The Morgan fingerprint density at radius 1 is 1.22 bits per heavy atom. The molecular weight excluding hydrogens is 298 g/mol. The molecule has 1 aromatic carbocycles. The van der Waals surface area contributed by atoms with E-state index in [0.717, 1.165) is 11.1 Å². The van der Waals surface area contributed by atoms with E-state index in [9.17, 15) is 9.59 Å². The van der Waals surface area contributed by atoms with Gasteiger partial charge in [0.05, 0.1) is 20.3 Å². The van der Waals surface area contributed by atoms with Gasteiger partial charge in [-0.1, -0.05) is 0 Å². The summed E-state index contributed by atoms with van der Waals surface area (Å²) in [5.74, 6) is 0.855. The van der Waals surface area contributed by atoms with Crippen molar-refractivity contribution in [2.75, 3.05) is 14.2 Å². The third-order valence-electron chi connectivity index (χ3n) is 3.50. The lowest BCUT2D eigenvalue weighted by atomic mass is 10.0. The Hall–Kier alpha value is -2.83. The number of hydrogen-bond acceptors (Lipinski definition) is 5. The minimum atomic E-state index is -0.372. The average molecular weight is 317 g/mol. The van der Waals surface area contributed by atoms with Crippen LogP contribution in [0, 0.1) is 6.92 Å². The van der Waals surface area contributed by atoms with Gasteiger partial charge < -0.3 is 14.8 Å². The second kappa shape index (κ2) is 6.95. The van der Waals surface area contributed by atoms with Crippen LogP contribution in [0.5, 0.6) is 11.5 Å². The summed E-state index contributed by atoms with van der Waals surface area (Å²) >= 11 is 0. The summed E-state index contributed by atoms with van der Waals surface area (Å²) in [4.78, 5) is 23.2. The Kier molecular flexibility index (Phi) is 5.00. The van der Waals surface area contributed by atoms with Gasteiger partial charge in [0.15, 0.2) is 11.5 Å². The maximum atomic E-state index is 12.2. The molecule has 23 heavy (non-hydrogen) atoms. The number of carbonyl (C=O) groups excluding carboxylic acids is 1. The van der Waals surface area contributed by atoms with E-state index in [1.165, 1.54) is 12.1 Å². The van der Waals surface area contributed by atoms with Crippen molar-refractivity contribution in [2.45, 2.75) is 19.9 Å². The van der Waals surface area contributed by atoms with Gasteiger partial charge in [-0.2, -0.15) is 5.10 Å². The quantitative estimate of drug-likeness (QED) is 0.873. The minimum absolute atomic E-state index is 0.148. The molecule has 0 spiro atoms. The molecule has 0 saturated carbocycles. The Balaban J connectivity index is 2.23. The summed E-state index contributed by atoms with van der Waals surface area (Å²) in [5.41, 5.74) is 1.66. The lowest BCUT2D eigenvalue weighted by molar-refractivity contribution is 0.0933. The number of benzene rings is 1. The van der Waals surface area contributed by atoms with Crippen LogP contribution in [0.3, 0.4) is 0 Å². The number of nitrogens with zero attached hydrogens (tertiary/aromatic N) is 1. The Morgan fingerprint density at radius 3 is 2.43 bits per heavy atom. The number of amides is 1. The maximum Gasteiger partial charge on any atom is 0.272 e. The number of H-pyrrole nitrogens is 1. The van der Waals surface area contributed by atoms with Crippen molar-refractivity contribution in [1.29, 1.82) is 0 Å². The van der Waals surface area contributed by atoms with Crippen molar-refractivity contribution in [3.63, 3.8) is 0 Å². The van der Waals surface area contributed by atoms with Gasteiger partial charge in [0.2, 0.25) is 0 Å². The second-order valence-electron chi connectivity index (χ2n) is 5.07. The second-order valence-corrected chi connectivity index (χ2v) is 5.07. The van der Waals surface area contributed by atoms with Crippen LogP contribution >= 0.6 is 0 Å². The molecule has 1 heterocycles. The van der Waals surface area contributed by atoms with Gasteiger partial charge in [-0.25, -0.2) is 5.10 Å². The molecule has 7 heteroatoms. The zero-order chi connectivity index (χ0) is 17.0. The summed E-state index contributed by atoms with van der Waals surface area (Å²) in [7, 11) is 3.13. The topological polar surface area (TPSA) is 93.3 Å². The average Bonchev–Trinajstić information content (AvgIpc) is 2.54. The van der Waals surface area contributed by atoms with Crippen molar-refractivity contribution in [2.24, 2.45) is 0 Å². The Bertz CT molecular complexity index is 750. The fourth-order valence-corrected chi connectivity index (χ4v) is 2.28. The van der Waals surface area contributed by atoms with E-state index < -0.39 is 0 Å². The van der Waals surface area contributed by atoms with E-state index in [1.54, 1.807) is 14.2 Å². The van der Waals surface area contributed by atoms with Gasteiger partial charge in [-0.3, -0.25) is 9.59 Å². The normalized spacial score (nSPS) is 11.7. The molecule has 0 saturated heterocycles. The van der Waals surface area contributed by atoms with E-state index >= 15 is 0 Å². The van der Waals surface area contributed by atoms with Crippen LogP contribution in [0.1, 0.15) is 34.6 Å². The first-order chi connectivity index (χ1) is 11.0. The van der Waals surface area contributed by atoms with E-state index in [-0.39, 0.29) is 23.2 Å². The van der Waals surface area contributed by atoms with Gasteiger partial charge in [0.25, 0.3) is 11.5 Å². The molecule has 1 atom stereocenters. The zero-order valence-electron chi connectivity index (χ0n) is 13.5. The van der Waals surface area contributed by atoms with Crippen molar-refractivity contribution in [3.05, 3.63) is 51.4 Å². The number of aromatic amines is 1. The van der Waals surface area contributed by atoms with Crippen molar-refractivity contribution < 1.29 is 14.3 Å². The molecule has 1 amide bonds. The monoisotopic (exact) mass is 317 g/mol. The highest BCUT2D eigenvalue weighted by Crippen LogP contribution is 2.32. The zero-order valence-corrected chi connectivity index (χ0v) is 13.5. The van der Waals surface area contributed by atoms with E-state index in [2.05, 4.69) is 15.5 Å². The largest absolute Gasteiger partial charge is 0.493 e. The molecule has 2 aromatic rings. The molecule has 1 unspecified atom stereocenters. The fourth-order valence-electron chi connectivity index (χ4n) is 2.28. The third kappa shape index (κ3) is 3.68. The number of rotatable bonds is 5. The van der Waals surface area contributed by atoms with Gasteiger partial charge in [0, 0.05) is 6.07 Å². The number of ether oxygens (including phenoxy) is 2. The van der Waals surface area contributed by atoms with Gasteiger partial charge in [0.1, 0.15) is 5.69 Å². The van der Waals surface area contributed by atoms with Crippen LogP contribution in [0.25, 0.3) is 0 Å². The van der Waals surface area contributed by atoms with Gasteiger partial charge in [-0.15, -0.1) is 0 Å². The maximum absolute atomic E-state index is 12.2. The molecular formula is C16H19N3O4. The highest BCUT2D eigenvalue weighted by Gasteiger charge is 2.17. The summed E-state index contributed by atoms with van der Waals surface area (Å²) in [6, 6.07) is 6.06. The molecule has 1 aromatic heterocycles.